The van der Waals surface area contributed by atoms with Gasteiger partial charge in [0.2, 0.25) is 5.91 Å². The van der Waals surface area contributed by atoms with E-state index in [1.54, 1.807) is 0 Å². The Balaban J connectivity index is 1.77. The molecule has 0 radical (unpaired) electrons. The summed E-state index contributed by atoms with van der Waals surface area (Å²) in [6, 6.07) is -0.311. The number of hydrogen-bond acceptors (Lipinski definition) is 3. The summed E-state index contributed by atoms with van der Waals surface area (Å²) >= 11 is 0. The minimum absolute atomic E-state index is 0.167. The van der Waals surface area contributed by atoms with Crippen LogP contribution in [0, 0.1) is 11.8 Å². The molecule has 2 aliphatic rings. The quantitative estimate of drug-likeness (QED) is 0.834. The molecule has 2 rings (SSSR count). The number of nitrogens with zero attached hydrogens (tertiary/aromatic N) is 2. The molecule has 2 fully saturated rings. The third-order valence-electron chi connectivity index (χ3n) is 5.10. The molecule has 1 amide bonds. The highest BCUT2D eigenvalue weighted by atomic mass is 16.2. The summed E-state index contributed by atoms with van der Waals surface area (Å²) in [4.78, 5) is 17.0. The van der Waals surface area contributed by atoms with Crippen LogP contribution in [0.5, 0.6) is 0 Å². The molecule has 0 saturated carbocycles. The maximum Gasteiger partial charge on any atom is 0.239 e. The molecule has 0 aromatic heterocycles. The standard InChI is InChI=1S/C16H31N3O/c1-3-13(2)15(17)16(20)19-10-7-14(12-19)11-18-8-5-4-6-9-18/h13-15H,3-12,17H2,1-2H3. The van der Waals surface area contributed by atoms with E-state index in [4.69, 9.17) is 5.73 Å². The zero-order valence-electron chi connectivity index (χ0n) is 13.2. The molecule has 2 N–H and O–H groups in total. The zero-order valence-corrected chi connectivity index (χ0v) is 13.2. The van der Waals surface area contributed by atoms with Crippen LogP contribution in [0.2, 0.25) is 0 Å². The van der Waals surface area contributed by atoms with Crippen LogP contribution in [0.4, 0.5) is 0 Å². The van der Waals surface area contributed by atoms with Crippen molar-refractivity contribution in [2.24, 2.45) is 17.6 Å². The van der Waals surface area contributed by atoms with Crippen molar-refractivity contribution in [2.75, 3.05) is 32.7 Å². The normalized spacial score (nSPS) is 27.6. The molecule has 4 heteroatoms. The predicted octanol–water partition coefficient (Wildman–Crippen LogP) is 1.69. The second kappa shape index (κ2) is 7.41. The number of nitrogens with two attached hydrogens (primary N) is 1. The number of hydrogen-bond donors (Lipinski definition) is 1. The van der Waals surface area contributed by atoms with Gasteiger partial charge in [0.25, 0.3) is 0 Å². The summed E-state index contributed by atoms with van der Waals surface area (Å²) in [6.07, 6.45) is 6.19. The third kappa shape index (κ3) is 3.95. The first-order chi connectivity index (χ1) is 9.61. The predicted molar refractivity (Wildman–Crippen MR) is 82.4 cm³/mol. The summed E-state index contributed by atoms with van der Waals surface area (Å²) in [7, 11) is 0. The van der Waals surface area contributed by atoms with Gasteiger partial charge in [-0.25, -0.2) is 0 Å². The third-order valence-corrected chi connectivity index (χ3v) is 5.10. The smallest absolute Gasteiger partial charge is 0.239 e. The molecule has 0 aliphatic carbocycles. The van der Waals surface area contributed by atoms with E-state index in [0.717, 1.165) is 25.9 Å². The Morgan fingerprint density at radius 1 is 1.25 bits per heavy atom. The Hall–Kier alpha value is -0.610. The molecule has 3 atom stereocenters. The van der Waals surface area contributed by atoms with E-state index in [0.29, 0.717) is 5.92 Å². The van der Waals surface area contributed by atoms with Crippen molar-refractivity contribution in [3.05, 3.63) is 0 Å². The number of amides is 1. The maximum atomic E-state index is 12.4. The second-order valence-corrected chi connectivity index (χ2v) is 6.71. The molecule has 116 valence electrons. The van der Waals surface area contributed by atoms with Crippen molar-refractivity contribution in [1.29, 1.82) is 0 Å². The van der Waals surface area contributed by atoms with Crippen molar-refractivity contribution in [3.8, 4) is 0 Å². The molecule has 0 spiro atoms. The van der Waals surface area contributed by atoms with E-state index in [1.807, 2.05) is 4.90 Å². The average molecular weight is 281 g/mol. The lowest BCUT2D eigenvalue weighted by atomic mass is 9.99. The molecule has 2 saturated heterocycles. The first-order valence-corrected chi connectivity index (χ1v) is 8.38. The summed E-state index contributed by atoms with van der Waals surface area (Å²) in [5.41, 5.74) is 6.08. The summed E-state index contributed by atoms with van der Waals surface area (Å²) in [5, 5.41) is 0. The summed E-state index contributed by atoms with van der Waals surface area (Å²) < 4.78 is 0. The fourth-order valence-corrected chi connectivity index (χ4v) is 3.40. The topological polar surface area (TPSA) is 49.6 Å². The Morgan fingerprint density at radius 3 is 2.60 bits per heavy atom. The van der Waals surface area contributed by atoms with Gasteiger partial charge in [0.1, 0.15) is 0 Å². The summed E-state index contributed by atoms with van der Waals surface area (Å²) in [6.45, 7) is 9.65. The van der Waals surface area contributed by atoms with Gasteiger partial charge in [-0.15, -0.1) is 0 Å². The lowest BCUT2D eigenvalue weighted by Gasteiger charge is -2.29. The van der Waals surface area contributed by atoms with Crippen LogP contribution in [-0.2, 0) is 4.79 Å². The first kappa shape index (κ1) is 15.8. The highest BCUT2D eigenvalue weighted by molar-refractivity contribution is 5.82. The highest BCUT2D eigenvalue weighted by Crippen LogP contribution is 2.21. The van der Waals surface area contributed by atoms with Gasteiger partial charge in [-0.05, 0) is 44.2 Å². The molecule has 0 bridgehead atoms. The van der Waals surface area contributed by atoms with Crippen molar-refractivity contribution in [3.63, 3.8) is 0 Å². The number of carbonyl (C=O) groups excluding carboxylic acids is 1. The van der Waals surface area contributed by atoms with E-state index in [1.165, 1.54) is 38.9 Å². The SMILES string of the molecule is CCC(C)C(N)C(=O)N1CCC(CN2CCCCC2)C1. The zero-order chi connectivity index (χ0) is 14.5. The Bertz CT molecular complexity index is 315. The van der Waals surface area contributed by atoms with Gasteiger partial charge in [-0.2, -0.15) is 0 Å². The van der Waals surface area contributed by atoms with E-state index in [2.05, 4.69) is 18.7 Å². The van der Waals surface area contributed by atoms with Crippen LogP contribution in [0.1, 0.15) is 46.0 Å². The Labute approximate surface area is 123 Å². The van der Waals surface area contributed by atoms with Crippen molar-refractivity contribution >= 4 is 5.91 Å². The van der Waals surface area contributed by atoms with E-state index in [9.17, 15) is 4.79 Å². The number of rotatable bonds is 5. The average Bonchev–Trinajstić information content (AvgIpc) is 2.94. The van der Waals surface area contributed by atoms with Crippen LogP contribution in [0.15, 0.2) is 0 Å². The summed E-state index contributed by atoms with van der Waals surface area (Å²) in [5.74, 6) is 1.10. The van der Waals surface area contributed by atoms with Crippen LogP contribution in [0.3, 0.4) is 0 Å². The van der Waals surface area contributed by atoms with E-state index < -0.39 is 0 Å². The Morgan fingerprint density at radius 2 is 1.95 bits per heavy atom. The molecule has 2 heterocycles. The van der Waals surface area contributed by atoms with Crippen LogP contribution in [0.25, 0.3) is 0 Å². The van der Waals surface area contributed by atoms with Gasteiger partial charge >= 0.3 is 0 Å². The fraction of sp³-hybridized carbons (Fsp3) is 0.938. The maximum absolute atomic E-state index is 12.4. The van der Waals surface area contributed by atoms with Gasteiger partial charge < -0.3 is 15.5 Å². The Kier molecular flexibility index (Phi) is 5.85. The van der Waals surface area contributed by atoms with E-state index >= 15 is 0 Å². The van der Waals surface area contributed by atoms with Crippen LogP contribution < -0.4 is 5.73 Å². The molecule has 0 aromatic carbocycles. The molecular formula is C16H31N3O. The molecule has 0 aromatic rings. The first-order valence-electron chi connectivity index (χ1n) is 8.38. The fourth-order valence-electron chi connectivity index (χ4n) is 3.40. The van der Waals surface area contributed by atoms with E-state index in [-0.39, 0.29) is 17.9 Å². The molecule has 3 unspecified atom stereocenters. The van der Waals surface area contributed by atoms with Gasteiger partial charge in [-0.3, -0.25) is 4.79 Å². The molecule has 2 aliphatic heterocycles. The second-order valence-electron chi connectivity index (χ2n) is 6.71. The molecule has 4 nitrogen and oxygen atoms in total. The lowest BCUT2D eigenvalue weighted by molar-refractivity contribution is -0.132. The monoisotopic (exact) mass is 281 g/mol. The minimum atomic E-state index is -0.311. The van der Waals surface area contributed by atoms with Crippen molar-refractivity contribution < 1.29 is 4.79 Å². The largest absolute Gasteiger partial charge is 0.341 e. The van der Waals surface area contributed by atoms with Gasteiger partial charge in [0, 0.05) is 19.6 Å². The highest BCUT2D eigenvalue weighted by Gasteiger charge is 2.31. The number of piperidine rings is 1. The minimum Gasteiger partial charge on any atom is -0.341 e. The van der Waals surface area contributed by atoms with Crippen LogP contribution in [-0.4, -0.2) is 54.5 Å². The van der Waals surface area contributed by atoms with Gasteiger partial charge in [-0.1, -0.05) is 26.7 Å². The number of likely N-dealkylation sites (tertiary alicyclic amines) is 2. The van der Waals surface area contributed by atoms with Crippen molar-refractivity contribution in [2.45, 2.75) is 52.0 Å². The molecular weight excluding hydrogens is 250 g/mol. The van der Waals surface area contributed by atoms with Gasteiger partial charge in [0.15, 0.2) is 0 Å². The van der Waals surface area contributed by atoms with Crippen molar-refractivity contribution in [1.82, 2.24) is 9.80 Å². The van der Waals surface area contributed by atoms with Crippen LogP contribution >= 0.6 is 0 Å². The molecule has 20 heavy (non-hydrogen) atoms. The number of carbonyl (C=O) groups is 1. The van der Waals surface area contributed by atoms with Gasteiger partial charge in [0.05, 0.1) is 6.04 Å². The lowest BCUT2D eigenvalue weighted by Crippen LogP contribution is -2.46.